The van der Waals surface area contributed by atoms with Crippen molar-refractivity contribution in [2.24, 2.45) is 5.92 Å². The van der Waals surface area contributed by atoms with Gasteiger partial charge in [-0.05, 0) is 51.6 Å². The van der Waals surface area contributed by atoms with Gasteiger partial charge in [0.2, 0.25) is 0 Å². The molecule has 1 aliphatic carbocycles. The summed E-state index contributed by atoms with van der Waals surface area (Å²) in [6.07, 6.45) is 4.57. The number of hydrogen-bond donors (Lipinski definition) is 2. The van der Waals surface area contributed by atoms with E-state index in [-0.39, 0.29) is 0 Å². The Morgan fingerprint density at radius 2 is 2.21 bits per heavy atom. The van der Waals surface area contributed by atoms with Gasteiger partial charge in [-0.3, -0.25) is 4.79 Å². The third-order valence-electron chi connectivity index (χ3n) is 4.12. The highest BCUT2D eigenvalue weighted by atomic mass is 16.4. The first-order chi connectivity index (χ1) is 8.91. The van der Waals surface area contributed by atoms with Gasteiger partial charge in [0.1, 0.15) is 5.54 Å². The Kier molecular flexibility index (Phi) is 6.27. The number of nitrogens with one attached hydrogen (secondary N) is 1. The van der Waals surface area contributed by atoms with E-state index in [9.17, 15) is 9.90 Å². The van der Waals surface area contributed by atoms with Crippen molar-refractivity contribution in [1.29, 1.82) is 0 Å². The van der Waals surface area contributed by atoms with E-state index in [0.717, 1.165) is 45.2 Å². The topological polar surface area (TPSA) is 52.6 Å². The zero-order valence-electron chi connectivity index (χ0n) is 12.9. The number of aliphatic carboxylic acids is 1. The number of carbonyl (C=O) groups is 1. The largest absolute Gasteiger partial charge is 0.480 e. The van der Waals surface area contributed by atoms with Gasteiger partial charge in [-0.1, -0.05) is 20.8 Å². The summed E-state index contributed by atoms with van der Waals surface area (Å²) in [7, 11) is 2.13. The van der Waals surface area contributed by atoms with Gasteiger partial charge in [-0.25, -0.2) is 0 Å². The molecule has 2 atom stereocenters. The lowest BCUT2D eigenvalue weighted by Gasteiger charge is -2.42. The molecule has 4 nitrogen and oxygen atoms in total. The number of nitrogens with zero attached hydrogens (tertiary/aromatic N) is 1. The highest BCUT2D eigenvalue weighted by molar-refractivity contribution is 5.79. The lowest BCUT2D eigenvalue weighted by Crippen LogP contribution is -2.58. The molecule has 1 aliphatic rings. The molecule has 0 aromatic rings. The third kappa shape index (κ3) is 4.46. The highest BCUT2D eigenvalue weighted by Gasteiger charge is 2.43. The Labute approximate surface area is 117 Å². The van der Waals surface area contributed by atoms with Crippen LogP contribution in [0.5, 0.6) is 0 Å². The predicted octanol–water partition coefficient (Wildman–Crippen LogP) is 2.34. The van der Waals surface area contributed by atoms with E-state index in [0.29, 0.717) is 12.0 Å². The summed E-state index contributed by atoms with van der Waals surface area (Å²) in [5.41, 5.74) is -0.704. The van der Waals surface area contributed by atoms with E-state index in [2.05, 4.69) is 38.0 Å². The maximum Gasteiger partial charge on any atom is 0.323 e. The van der Waals surface area contributed by atoms with Gasteiger partial charge < -0.3 is 15.3 Å². The van der Waals surface area contributed by atoms with E-state index < -0.39 is 11.5 Å². The molecule has 19 heavy (non-hydrogen) atoms. The first kappa shape index (κ1) is 16.4. The van der Waals surface area contributed by atoms with Crippen molar-refractivity contribution in [3.8, 4) is 0 Å². The number of rotatable bonds is 7. The van der Waals surface area contributed by atoms with Crippen LogP contribution in [-0.4, -0.2) is 47.7 Å². The van der Waals surface area contributed by atoms with Gasteiger partial charge in [0.15, 0.2) is 0 Å². The molecule has 0 heterocycles. The molecule has 2 unspecified atom stereocenters. The number of carboxylic acid groups (broad SMARTS) is 1. The van der Waals surface area contributed by atoms with Crippen molar-refractivity contribution in [2.45, 2.75) is 64.5 Å². The summed E-state index contributed by atoms with van der Waals surface area (Å²) in [6, 6.07) is 0.386. The molecule has 0 bridgehead atoms. The molecular formula is C15H30N2O2. The first-order valence-corrected chi connectivity index (χ1v) is 7.60. The van der Waals surface area contributed by atoms with Crippen molar-refractivity contribution in [1.82, 2.24) is 10.2 Å². The summed E-state index contributed by atoms with van der Waals surface area (Å²) in [6.45, 7) is 8.31. The van der Waals surface area contributed by atoms with Gasteiger partial charge in [0, 0.05) is 12.6 Å². The fraction of sp³-hybridized carbons (Fsp3) is 0.933. The molecule has 2 N–H and O–H groups in total. The average Bonchev–Trinajstić information content (AvgIpc) is 2.35. The van der Waals surface area contributed by atoms with E-state index in [1.54, 1.807) is 0 Å². The summed E-state index contributed by atoms with van der Waals surface area (Å²) in [4.78, 5) is 14.0. The number of hydrogen-bond acceptors (Lipinski definition) is 3. The van der Waals surface area contributed by atoms with Crippen LogP contribution < -0.4 is 5.32 Å². The van der Waals surface area contributed by atoms with Crippen molar-refractivity contribution < 1.29 is 9.90 Å². The summed E-state index contributed by atoms with van der Waals surface area (Å²) in [5.74, 6) is -0.0571. The van der Waals surface area contributed by atoms with Crippen LogP contribution in [0.3, 0.4) is 0 Å². The molecule has 0 amide bonds. The minimum absolute atomic E-state index is 0.386. The standard InChI is InChI=1S/C15H30N2O2/c1-5-9-16-15(14(18)19)8-6-7-13(10-15)17(4)11-12(2)3/h12-13,16H,5-11H2,1-4H3,(H,18,19). The van der Waals surface area contributed by atoms with E-state index in [1.165, 1.54) is 0 Å². The van der Waals surface area contributed by atoms with Gasteiger partial charge in [0.25, 0.3) is 0 Å². The van der Waals surface area contributed by atoms with E-state index >= 15 is 0 Å². The van der Waals surface area contributed by atoms with Crippen LogP contribution in [0.2, 0.25) is 0 Å². The molecule has 112 valence electrons. The van der Waals surface area contributed by atoms with Gasteiger partial charge in [-0.15, -0.1) is 0 Å². The Morgan fingerprint density at radius 1 is 1.53 bits per heavy atom. The van der Waals surface area contributed by atoms with Crippen LogP contribution in [0.25, 0.3) is 0 Å². The monoisotopic (exact) mass is 270 g/mol. The lowest BCUT2D eigenvalue weighted by molar-refractivity contribution is -0.147. The van der Waals surface area contributed by atoms with Crippen molar-refractivity contribution in [2.75, 3.05) is 20.1 Å². The lowest BCUT2D eigenvalue weighted by atomic mass is 9.78. The van der Waals surface area contributed by atoms with Crippen LogP contribution in [-0.2, 0) is 4.79 Å². The molecule has 1 rings (SSSR count). The van der Waals surface area contributed by atoms with Crippen molar-refractivity contribution >= 4 is 5.97 Å². The summed E-state index contributed by atoms with van der Waals surface area (Å²) in [5, 5.41) is 12.9. The van der Waals surface area contributed by atoms with E-state index in [1.807, 2.05) is 0 Å². The number of carboxylic acids is 1. The molecule has 0 aromatic carbocycles. The van der Waals surface area contributed by atoms with Crippen LogP contribution in [0.15, 0.2) is 0 Å². The minimum atomic E-state index is -0.704. The zero-order chi connectivity index (χ0) is 14.5. The third-order valence-corrected chi connectivity index (χ3v) is 4.12. The highest BCUT2D eigenvalue weighted by Crippen LogP contribution is 2.31. The minimum Gasteiger partial charge on any atom is -0.480 e. The Hall–Kier alpha value is -0.610. The Morgan fingerprint density at radius 3 is 2.74 bits per heavy atom. The quantitative estimate of drug-likeness (QED) is 0.745. The van der Waals surface area contributed by atoms with Gasteiger partial charge in [-0.2, -0.15) is 0 Å². The Balaban J connectivity index is 2.70. The molecule has 1 fully saturated rings. The van der Waals surface area contributed by atoms with Crippen LogP contribution in [0, 0.1) is 5.92 Å². The second-order valence-electron chi connectivity index (χ2n) is 6.40. The van der Waals surface area contributed by atoms with Gasteiger partial charge >= 0.3 is 5.97 Å². The predicted molar refractivity (Wildman–Crippen MR) is 78.4 cm³/mol. The van der Waals surface area contributed by atoms with Crippen molar-refractivity contribution in [3.63, 3.8) is 0 Å². The maximum atomic E-state index is 11.7. The van der Waals surface area contributed by atoms with Crippen LogP contribution in [0.1, 0.15) is 52.9 Å². The fourth-order valence-corrected chi connectivity index (χ4v) is 3.14. The van der Waals surface area contributed by atoms with Gasteiger partial charge in [0.05, 0.1) is 0 Å². The maximum absolute atomic E-state index is 11.7. The van der Waals surface area contributed by atoms with Crippen LogP contribution in [0.4, 0.5) is 0 Å². The fourth-order valence-electron chi connectivity index (χ4n) is 3.14. The molecule has 0 spiro atoms. The molecule has 4 heteroatoms. The first-order valence-electron chi connectivity index (χ1n) is 7.60. The summed E-state index contributed by atoms with van der Waals surface area (Å²) >= 11 is 0. The molecule has 0 saturated heterocycles. The molecule has 0 aliphatic heterocycles. The van der Waals surface area contributed by atoms with Crippen LogP contribution >= 0.6 is 0 Å². The second kappa shape index (κ2) is 7.25. The van der Waals surface area contributed by atoms with E-state index in [4.69, 9.17) is 0 Å². The smallest absolute Gasteiger partial charge is 0.323 e. The summed E-state index contributed by atoms with van der Waals surface area (Å²) < 4.78 is 0. The molecular weight excluding hydrogens is 240 g/mol. The molecule has 0 radical (unpaired) electrons. The average molecular weight is 270 g/mol. The Bertz CT molecular complexity index is 294. The second-order valence-corrected chi connectivity index (χ2v) is 6.40. The zero-order valence-corrected chi connectivity index (χ0v) is 12.9. The normalized spacial score (nSPS) is 28.0. The SMILES string of the molecule is CCCNC1(C(=O)O)CCCC(N(C)CC(C)C)C1. The molecule has 1 saturated carbocycles. The van der Waals surface area contributed by atoms with Crippen molar-refractivity contribution in [3.05, 3.63) is 0 Å². The molecule has 0 aromatic heterocycles.